The number of aromatic nitrogens is 2. The van der Waals surface area contributed by atoms with Gasteiger partial charge in [0.25, 0.3) is 0 Å². The molecule has 2 aromatic rings. The van der Waals surface area contributed by atoms with Crippen molar-refractivity contribution in [1.82, 2.24) is 12.7 Å². The Hall–Kier alpha value is -0.520. The van der Waals surface area contributed by atoms with Crippen LogP contribution in [0.3, 0.4) is 0 Å². The average Bonchev–Trinajstić information content (AvgIpc) is 2.67. The molecule has 0 amide bonds. The first-order valence-corrected chi connectivity index (χ1v) is 10.4. The highest BCUT2D eigenvalue weighted by atomic mass is 127. The minimum atomic E-state index is -0.306. The van der Waals surface area contributed by atoms with E-state index in [9.17, 15) is 9.18 Å². The van der Waals surface area contributed by atoms with Crippen LogP contribution in [0, 0.1) is 12.7 Å². The molecular formula is C14H14FIN4OS2. The summed E-state index contributed by atoms with van der Waals surface area (Å²) in [5, 5.41) is 0.915. The van der Waals surface area contributed by atoms with E-state index in [1.807, 2.05) is 22.9 Å². The van der Waals surface area contributed by atoms with Gasteiger partial charge in [0.2, 0.25) is 0 Å². The van der Waals surface area contributed by atoms with Crippen molar-refractivity contribution in [2.75, 3.05) is 31.6 Å². The minimum Gasteiger partial charge on any atom is -0.340 e. The van der Waals surface area contributed by atoms with Gasteiger partial charge in [-0.3, -0.25) is 0 Å². The van der Waals surface area contributed by atoms with Crippen LogP contribution in [0.5, 0.6) is 0 Å². The highest BCUT2D eigenvalue weighted by molar-refractivity contribution is 14.1. The molecule has 0 spiro atoms. The van der Waals surface area contributed by atoms with Crippen molar-refractivity contribution in [2.45, 2.75) is 17.2 Å². The van der Waals surface area contributed by atoms with E-state index in [1.165, 1.54) is 13.6 Å². The number of halogens is 2. The van der Waals surface area contributed by atoms with Crippen molar-refractivity contribution in [3.05, 3.63) is 27.9 Å². The highest BCUT2D eigenvalue weighted by Crippen LogP contribution is 2.49. The molecule has 2 aliphatic rings. The number of likely N-dealkylation sites (N-methyl/N-ethyl adjacent to an activating group) is 1. The lowest BCUT2D eigenvalue weighted by atomic mass is 10.1. The zero-order valence-electron chi connectivity index (χ0n) is 12.5. The van der Waals surface area contributed by atoms with Crippen molar-refractivity contribution < 1.29 is 4.39 Å². The fourth-order valence-electron chi connectivity index (χ4n) is 3.00. The molecule has 122 valence electrons. The second kappa shape index (κ2) is 5.78. The Balaban J connectivity index is 2.06. The third-order valence-corrected chi connectivity index (χ3v) is 7.90. The monoisotopic (exact) mass is 464 g/mol. The van der Waals surface area contributed by atoms with Crippen LogP contribution in [0.2, 0.25) is 0 Å². The molecule has 5 nitrogen and oxygen atoms in total. The molecule has 4 rings (SSSR count). The van der Waals surface area contributed by atoms with E-state index in [0.29, 0.717) is 16.3 Å². The number of aryl methyl sites for hydroxylation is 1. The summed E-state index contributed by atoms with van der Waals surface area (Å²) in [4.78, 5) is 21.6. The fraction of sp³-hybridized carbons (Fsp3) is 0.429. The number of hydrogen-bond donors (Lipinski definition) is 0. The molecule has 1 fully saturated rings. The van der Waals surface area contributed by atoms with Crippen molar-refractivity contribution in [3.63, 3.8) is 0 Å². The van der Waals surface area contributed by atoms with Crippen molar-refractivity contribution >= 4 is 61.2 Å². The van der Waals surface area contributed by atoms with E-state index in [0.717, 1.165) is 30.5 Å². The number of benzene rings is 1. The quantitative estimate of drug-likeness (QED) is 0.442. The summed E-state index contributed by atoms with van der Waals surface area (Å²) in [7, 11) is 5.18. The fourth-order valence-corrected chi connectivity index (χ4v) is 6.42. The van der Waals surface area contributed by atoms with E-state index in [1.54, 1.807) is 23.8 Å². The van der Waals surface area contributed by atoms with Gasteiger partial charge in [-0.05, 0) is 25.6 Å². The smallest absolute Gasteiger partial charge is 0.340 e. The molecule has 0 radical (unpaired) electrons. The standard InChI is InChI=1S/C14H14FIN4OS2/c1-7-5-8-10-12(11(7)15)23-22-9-6-18(2)3-4-19(9)13(10)17-14(21)20(8)16/h5,9H,3-4,6H2,1-2H3. The lowest BCUT2D eigenvalue weighted by Crippen LogP contribution is -2.50. The molecule has 1 unspecified atom stereocenters. The minimum absolute atomic E-state index is 0.158. The molecule has 0 N–H and O–H groups in total. The molecule has 1 saturated heterocycles. The Labute approximate surface area is 154 Å². The molecule has 1 atom stereocenters. The second-order valence-corrected chi connectivity index (χ2v) is 9.17. The molecule has 23 heavy (non-hydrogen) atoms. The van der Waals surface area contributed by atoms with E-state index in [-0.39, 0.29) is 16.9 Å². The third-order valence-electron chi connectivity index (χ3n) is 4.24. The Bertz CT molecular complexity index is 874. The molecule has 0 aliphatic carbocycles. The molecule has 0 bridgehead atoms. The van der Waals surface area contributed by atoms with Crippen LogP contribution in [-0.4, -0.2) is 44.7 Å². The molecule has 3 heterocycles. The number of hydrogen-bond acceptors (Lipinski definition) is 6. The SMILES string of the molecule is Cc1cc2c3c(nc(=O)n2I)N2CCN(C)CC2SSc3c1F. The van der Waals surface area contributed by atoms with Gasteiger partial charge in [-0.25, -0.2) is 12.0 Å². The molecule has 1 aromatic heterocycles. The first-order chi connectivity index (χ1) is 11.0. The van der Waals surface area contributed by atoms with E-state index in [2.05, 4.69) is 21.8 Å². The predicted molar refractivity (Wildman–Crippen MR) is 102 cm³/mol. The topological polar surface area (TPSA) is 41.4 Å². The number of rotatable bonds is 0. The summed E-state index contributed by atoms with van der Waals surface area (Å²) in [5.41, 5.74) is 0.987. The third kappa shape index (κ3) is 2.47. The van der Waals surface area contributed by atoms with Crippen molar-refractivity contribution in [1.29, 1.82) is 0 Å². The van der Waals surface area contributed by atoms with Gasteiger partial charge >= 0.3 is 5.69 Å². The molecular weight excluding hydrogens is 450 g/mol. The maximum atomic E-state index is 14.7. The summed E-state index contributed by atoms with van der Waals surface area (Å²) < 4.78 is 16.2. The second-order valence-electron chi connectivity index (χ2n) is 5.82. The van der Waals surface area contributed by atoms with Gasteiger partial charge < -0.3 is 9.80 Å². The summed E-state index contributed by atoms with van der Waals surface area (Å²) in [6.45, 7) is 4.30. The molecule has 2 aliphatic heterocycles. The van der Waals surface area contributed by atoms with Gasteiger partial charge in [0.1, 0.15) is 11.6 Å². The van der Waals surface area contributed by atoms with Crippen LogP contribution >= 0.6 is 44.5 Å². The lowest BCUT2D eigenvalue weighted by Gasteiger charge is -2.39. The summed E-state index contributed by atoms with van der Waals surface area (Å²) >= 11 is 1.94. The van der Waals surface area contributed by atoms with Gasteiger partial charge in [0.15, 0.2) is 0 Å². The van der Waals surface area contributed by atoms with Crippen LogP contribution in [0.1, 0.15) is 5.56 Å². The van der Waals surface area contributed by atoms with Crippen LogP contribution in [0.15, 0.2) is 15.8 Å². The Morgan fingerprint density at radius 2 is 2.22 bits per heavy atom. The summed E-state index contributed by atoms with van der Waals surface area (Å²) in [5.74, 6) is 0.420. The average molecular weight is 464 g/mol. The van der Waals surface area contributed by atoms with E-state index in [4.69, 9.17) is 0 Å². The lowest BCUT2D eigenvalue weighted by molar-refractivity contribution is 0.301. The van der Waals surface area contributed by atoms with Gasteiger partial charge in [0, 0.05) is 19.6 Å². The summed E-state index contributed by atoms with van der Waals surface area (Å²) in [6.07, 6.45) is 0. The number of nitrogens with zero attached hydrogens (tertiary/aromatic N) is 4. The van der Waals surface area contributed by atoms with E-state index < -0.39 is 0 Å². The van der Waals surface area contributed by atoms with Gasteiger partial charge in [-0.2, -0.15) is 4.98 Å². The Morgan fingerprint density at radius 3 is 3.00 bits per heavy atom. The molecule has 0 saturated carbocycles. The molecule has 9 heteroatoms. The first kappa shape index (κ1) is 16.0. The van der Waals surface area contributed by atoms with Crippen molar-refractivity contribution in [3.8, 4) is 0 Å². The normalized spacial score (nSPS) is 21.4. The summed E-state index contributed by atoms with van der Waals surface area (Å²) in [6, 6.07) is 1.74. The zero-order chi connectivity index (χ0) is 16.3. The highest BCUT2D eigenvalue weighted by Gasteiger charge is 2.34. The van der Waals surface area contributed by atoms with E-state index >= 15 is 0 Å². The van der Waals surface area contributed by atoms with Crippen LogP contribution < -0.4 is 10.6 Å². The van der Waals surface area contributed by atoms with Crippen LogP contribution in [-0.2, 0) is 0 Å². The van der Waals surface area contributed by atoms with Gasteiger partial charge in [-0.15, -0.1) is 0 Å². The predicted octanol–water partition coefficient (Wildman–Crippen LogP) is 2.87. The Morgan fingerprint density at radius 1 is 1.43 bits per heavy atom. The van der Waals surface area contributed by atoms with Crippen LogP contribution in [0.25, 0.3) is 10.9 Å². The number of fused-ring (bicyclic) bond motifs is 2. The van der Waals surface area contributed by atoms with Crippen LogP contribution in [0.4, 0.5) is 10.2 Å². The van der Waals surface area contributed by atoms with Gasteiger partial charge in [-0.1, -0.05) is 21.6 Å². The maximum absolute atomic E-state index is 14.7. The van der Waals surface area contributed by atoms with Crippen molar-refractivity contribution in [2.24, 2.45) is 0 Å². The maximum Gasteiger partial charge on any atom is 0.359 e. The Kier molecular flexibility index (Phi) is 4.01. The largest absolute Gasteiger partial charge is 0.359 e. The zero-order valence-corrected chi connectivity index (χ0v) is 16.3. The van der Waals surface area contributed by atoms with Gasteiger partial charge in [0.05, 0.1) is 44.0 Å². The number of piperazine rings is 1. The molecule has 1 aromatic carbocycles. The number of anilines is 1. The first-order valence-electron chi connectivity index (χ1n) is 7.18.